The molecule has 0 fully saturated rings. The van der Waals surface area contributed by atoms with Crippen LogP contribution in [0.1, 0.15) is 16.1 Å². The Kier molecular flexibility index (Phi) is 3.32. The molecule has 0 radical (unpaired) electrons. The van der Waals surface area contributed by atoms with Gasteiger partial charge in [-0.1, -0.05) is 0 Å². The molecule has 0 aliphatic rings. The molecule has 4 nitrogen and oxygen atoms in total. The molecule has 2 N–H and O–H groups in total. The summed E-state index contributed by atoms with van der Waals surface area (Å²) in [6.45, 7) is 0.318. The third-order valence-corrected chi connectivity index (χ3v) is 2.68. The van der Waals surface area contributed by atoms with E-state index in [0.29, 0.717) is 6.54 Å². The van der Waals surface area contributed by atoms with Crippen molar-refractivity contribution in [3.63, 3.8) is 0 Å². The zero-order valence-electron chi connectivity index (χ0n) is 9.85. The number of hydrogen-bond acceptors (Lipinski definition) is 2. The highest BCUT2D eigenvalue weighted by Gasteiger charge is 2.12. The van der Waals surface area contributed by atoms with Crippen molar-refractivity contribution in [2.45, 2.75) is 6.54 Å². The predicted molar refractivity (Wildman–Crippen MR) is 64.6 cm³/mol. The standard InChI is InChI=1S/C13H13FN2O2/c1-16-6-2-3-10(16)8-15-13(18)11-7-9(14)4-5-12(11)17/h2-7,17H,8H2,1H3,(H,15,18). The van der Waals surface area contributed by atoms with Crippen LogP contribution < -0.4 is 5.32 Å². The number of phenols is 1. The third kappa shape index (κ3) is 2.51. The van der Waals surface area contributed by atoms with E-state index in [-0.39, 0.29) is 11.3 Å². The fourth-order valence-electron chi connectivity index (χ4n) is 1.64. The Morgan fingerprint density at radius 1 is 1.44 bits per heavy atom. The van der Waals surface area contributed by atoms with Crippen molar-refractivity contribution in [3.05, 3.63) is 53.6 Å². The van der Waals surface area contributed by atoms with Crippen LogP contribution in [-0.4, -0.2) is 15.6 Å². The fourth-order valence-corrected chi connectivity index (χ4v) is 1.64. The second-order valence-electron chi connectivity index (χ2n) is 3.95. The number of nitrogens with zero attached hydrogens (tertiary/aromatic N) is 1. The molecule has 0 spiro atoms. The molecule has 5 heteroatoms. The number of nitrogens with one attached hydrogen (secondary N) is 1. The molecule has 18 heavy (non-hydrogen) atoms. The maximum absolute atomic E-state index is 13.0. The molecule has 0 bridgehead atoms. The molecule has 0 atom stereocenters. The summed E-state index contributed by atoms with van der Waals surface area (Å²) >= 11 is 0. The first-order valence-corrected chi connectivity index (χ1v) is 5.45. The van der Waals surface area contributed by atoms with Crippen molar-refractivity contribution in [2.24, 2.45) is 7.05 Å². The van der Waals surface area contributed by atoms with Crippen LogP contribution in [0.3, 0.4) is 0 Å². The molecule has 0 saturated carbocycles. The molecule has 2 aromatic rings. The van der Waals surface area contributed by atoms with Gasteiger partial charge >= 0.3 is 0 Å². The smallest absolute Gasteiger partial charge is 0.255 e. The molecule has 94 valence electrons. The lowest BCUT2D eigenvalue weighted by Gasteiger charge is -2.07. The summed E-state index contributed by atoms with van der Waals surface area (Å²) < 4.78 is 14.9. The first-order chi connectivity index (χ1) is 8.58. The number of carbonyl (C=O) groups is 1. The van der Waals surface area contributed by atoms with Gasteiger partial charge in [0.25, 0.3) is 5.91 Å². The van der Waals surface area contributed by atoms with E-state index in [4.69, 9.17) is 0 Å². The van der Waals surface area contributed by atoms with Crippen molar-refractivity contribution in [1.82, 2.24) is 9.88 Å². The highest BCUT2D eigenvalue weighted by Crippen LogP contribution is 2.17. The summed E-state index contributed by atoms with van der Waals surface area (Å²) in [5, 5.41) is 12.1. The monoisotopic (exact) mass is 248 g/mol. The summed E-state index contributed by atoms with van der Waals surface area (Å²) in [4.78, 5) is 11.8. The zero-order valence-corrected chi connectivity index (χ0v) is 9.85. The quantitative estimate of drug-likeness (QED) is 0.870. The number of aromatic nitrogens is 1. The third-order valence-electron chi connectivity index (χ3n) is 2.68. The van der Waals surface area contributed by atoms with Crippen LogP contribution >= 0.6 is 0 Å². The summed E-state index contributed by atoms with van der Waals surface area (Å²) in [5.41, 5.74) is 0.850. The van der Waals surface area contributed by atoms with Crippen LogP contribution in [0.4, 0.5) is 4.39 Å². The number of carbonyl (C=O) groups excluding carboxylic acids is 1. The highest BCUT2D eigenvalue weighted by molar-refractivity contribution is 5.96. The van der Waals surface area contributed by atoms with Gasteiger partial charge in [-0.05, 0) is 30.3 Å². The Hall–Kier alpha value is -2.30. The molecule has 1 aromatic carbocycles. The lowest BCUT2D eigenvalue weighted by molar-refractivity contribution is 0.0947. The molecular formula is C13H13FN2O2. The first kappa shape index (κ1) is 12.2. The van der Waals surface area contributed by atoms with Crippen molar-refractivity contribution in [3.8, 4) is 5.75 Å². The number of rotatable bonds is 3. The van der Waals surface area contributed by atoms with E-state index in [1.807, 2.05) is 29.9 Å². The fraction of sp³-hybridized carbons (Fsp3) is 0.154. The van der Waals surface area contributed by atoms with Crippen molar-refractivity contribution in [1.29, 1.82) is 0 Å². The second-order valence-corrected chi connectivity index (χ2v) is 3.95. The van der Waals surface area contributed by atoms with Crippen LogP contribution in [0.5, 0.6) is 5.75 Å². The van der Waals surface area contributed by atoms with E-state index in [1.54, 1.807) is 0 Å². The van der Waals surface area contributed by atoms with Gasteiger partial charge in [0.15, 0.2) is 0 Å². The Balaban J connectivity index is 2.08. The topological polar surface area (TPSA) is 54.3 Å². The molecule has 2 rings (SSSR count). The number of phenolic OH excluding ortho intramolecular Hbond substituents is 1. The van der Waals surface area contributed by atoms with Gasteiger partial charge < -0.3 is 15.0 Å². The van der Waals surface area contributed by atoms with Crippen LogP contribution in [0, 0.1) is 5.82 Å². The lowest BCUT2D eigenvalue weighted by Crippen LogP contribution is -2.24. The molecule has 0 aliphatic carbocycles. The lowest BCUT2D eigenvalue weighted by atomic mass is 10.2. The van der Waals surface area contributed by atoms with E-state index < -0.39 is 11.7 Å². The van der Waals surface area contributed by atoms with Crippen LogP contribution in [0.15, 0.2) is 36.5 Å². The number of halogens is 1. The van der Waals surface area contributed by atoms with Gasteiger partial charge in [-0.25, -0.2) is 4.39 Å². The SMILES string of the molecule is Cn1cccc1CNC(=O)c1cc(F)ccc1O. The van der Waals surface area contributed by atoms with Crippen molar-refractivity contribution < 1.29 is 14.3 Å². The molecule has 1 aromatic heterocycles. The highest BCUT2D eigenvalue weighted by atomic mass is 19.1. The van der Waals surface area contributed by atoms with Crippen molar-refractivity contribution >= 4 is 5.91 Å². The van der Waals surface area contributed by atoms with Crippen molar-refractivity contribution in [2.75, 3.05) is 0 Å². The predicted octanol–water partition coefficient (Wildman–Crippen LogP) is 1.80. The second kappa shape index (κ2) is 4.91. The van der Waals surface area contributed by atoms with E-state index in [9.17, 15) is 14.3 Å². The average Bonchev–Trinajstić information content (AvgIpc) is 2.75. The molecular weight excluding hydrogens is 235 g/mol. The Bertz CT molecular complexity index is 578. The maximum atomic E-state index is 13.0. The summed E-state index contributed by atoms with van der Waals surface area (Å²) in [6, 6.07) is 7.00. The minimum atomic E-state index is -0.559. The molecule has 0 aliphatic heterocycles. The average molecular weight is 248 g/mol. The number of amides is 1. The summed E-state index contributed by atoms with van der Waals surface area (Å²) in [7, 11) is 1.86. The molecule has 1 amide bonds. The van der Waals surface area contributed by atoms with Gasteiger partial charge in [0.1, 0.15) is 11.6 Å². The number of benzene rings is 1. The molecule has 0 saturated heterocycles. The van der Waals surface area contributed by atoms with E-state index in [1.165, 1.54) is 0 Å². The van der Waals surface area contributed by atoms with Gasteiger partial charge in [-0.3, -0.25) is 4.79 Å². The van der Waals surface area contributed by atoms with Gasteiger partial charge in [0.2, 0.25) is 0 Å². The minimum absolute atomic E-state index is 0.0655. The summed E-state index contributed by atoms with van der Waals surface area (Å²) in [5.74, 6) is -1.30. The van der Waals surface area contributed by atoms with Gasteiger partial charge in [0.05, 0.1) is 12.1 Å². The van der Waals surface area contributed by atoms with E-state index in [0.717, 1.165) is 23.9 Å². The molecule has 0 unspecified atom stereocenters. The maximum Gasteiger partial charge on any atom is 0.255 e. The van der Waals surface area contributed by atoms with Gasteiger partial charge in [-0.2, -0.15) is 0 Å². The Labute approximate surface area is 104 Å². The first-order valence-electron chi connectivity index (χ1n) is 5.45. The minimum Gasteiger partial charge on any atom is -0.507 e. The van der Waals surface area contributed by atoms with Crippen LogP contribution in [-0.2, 0) is 13.6 Å². The van der Waals surface area contributed by atoms with Gasteiger partial charge in [-0.15, -0.1) is 0 Å². The largest absolute Gasteiger partial charge is 0.507 e. The van der Waals surface area contributed by atoms with Gasteiger partial charge in [0, 0.05) is 18.9 Å². The van der Waals surface area contributed by atoms with E-state index in [2.05, 4.69) is 5.32 Å². The van der Waals surface area contributed by atoms with Crippen LogP contribution in [0.2, 0.25) is 0 Å². The molecule has 1 heterocycles. The number of aryl methyl sites for hydroxylation is 1. The van der Waals surface area contributed by atoms with Crippen LogP contribution in [0.25, 0.3) is 0 Å². The Morgan fingerprint density at radius 2 is 2.22 bits per heavy atom. The number of aromatic hydroxyl groups is 1. The Morgan fingerprint density at radius 3 is 2.89 bits per heavy atom. The normalized spacial score (nSPS) is 10.3. The van der Waals surface area contributed by atoms with E-state index >= 15 is 0 Å². The number of hydrogen-bond donors (Lipinski definition) is 2. The zero-order chi connectivity index (χ0) is 13.1. The summed E-state index contributed by atoms with van der Waals surface area (Å²) in [6.07, 6.45) is 1.86.